The summed E-state index contributed by atoms with van der Waals surface area (Å²) in [6.45, 7) is 0. The van der Waals surface area contributed by atoms with E-state index in [4.69, 9.17) is 0 Å². The fourth-order valence-electron chi connectivity index (χ4n) is 1.53. The molecule has 0 radical (unpaired) electrons. The van der Waals surface area contributed by atoms with Gasteiger partial charge in [0.1, 0.15) is 0 Å². The standard InChI is InChI=1S/C13H14BrNS2/c1-15-12(13-6-3-7-16-13)9-17-11-5-2-4-10(14)8-11/h2-8,12,15H,9H2,1H3. The zero-order chi connectivity index (χ0) is 12.1. The molecular formula is C13H14BrNS2. The van der Waals surface area contributed by atoms with Crippen molar-refractivity contribution in [3.8, 4) is 0 Å². The number of thioether (sulfide) groups is 1. The van der Waals surface area contributed by atoms with Crippen LogP contribution in [0.3, 0.4) is 0 Å². The van der Waals surface area contributed by atoms with Crippen LogP contribution in [0.4, 0.5) is 0 Å². The summed E-state index contributed by atoms with van der Waals surface area (Å²) in [5.74, 6) is 1.05. The van der Waals surface area contributed by atoms with Gasteiger partial charge in [-0.05, 0) is 36.7 Å². The first-order valence-electron chi connectivity index (χ1n) is 5.38. The Morgan fingerprint density at radius 2 is 2.24 bits per heavy atom. The molecule has 90 valence electrons. The molecule has 0 aliphatic rings. The predicted octanol–water partition coefficient (Wildman–Crippen LogP) is 4.56. The summed E-state index contributed by atoms with van der Waals surface area (Å²) in [7, 11) is 2.02. The van der Waals surface area contributed by atoms with Crippen molar-refractivity contribution in [3.05, 3.63) is 51.1 Å². The predicted molar refractivity (Wildman–Crippen MR) is 81.0 cm³/mol. The van der Waals surface area contributed by atoms with Gasteiger partial charge in [0.15, 0.2) is 0 Å². The number of benzene rings is 1. The lowest BCUT2D eigenvalue weighted by Crippen LogP contribution is -2.17. The highest BCUT2D eigenvalue weighted by Gasteiger charge is 2.10. The summed E-state index contributed by atoms with van der Waals surface area (Å²) < 4.78 is 1.14. The Bertz CT molecular complexity index is 456. The Balaban J connectivity index is 1.97. The number of rotatable bonds is 5. The van der Waals surface area contributed by atoms with E-state index in [1.165, 1.54) is 9.77 Å². The second kappa shape index (κ2) is 6.59. The van der Waals surface area contributed by atoms with Gasteiger partial charge in [0, 0.05) is 20.0 Å². The van der Waals surface area contributed by atoms with Crippen molar-refractivity contribution in [1.82, 2.24) is 5.32 Å². The largest absolute Gasteiger partial charge is 0.312 e. The number of nitrogens with one attached hydrogen (secondary N) is 1. The molecule has 0 amide bonds. The van der Waals surface area contributed by atoms with Gasteiger partial charge in [-0.2, -0.15) is 0 Å². The summed E-state index contributed by atoms with van der Waals surface area (Å²) in [5, 5.41) is 5.50. The molecule has 1 aromatic heterocycles. The normalized spacial score (nSPS) is 12.6. The molecule has 0 aliphatic carbocycles. The lowest BCUT2D eigenvalue weighted by Gasteiger charge is -2.14. The van der Waals surface area contributed by atoms with Crippen LogP contribution in [0.15, 0.2) is 51.1 Å². The molecule has 1 aromatic carbocycles. The molecule has 0 saturated carbocycles. The van der Waals surface area contributed by atoms with Gasteiger partial charge in [0.05, 0.1) is 6.04 Å². The lowest BCUT2D eigenvalue weighted by molar-refractivity contribution is 0.673. The number of hydrogen-bond acceptors (Lipinski definition) is 3. The molecule has 1 unspecified atom stereocenters. The molecule has 0 saturated heterocycles. The van der Waals surface area contributed by atoms with E-state index in [1.807, 2.05) is 30.1 Å². The minimum atomic E-state index is 0.430. The fourth-order valence-corrected chi connectivity index (χ4v) is 4.12. The first kappa shape index (κ1) is 13.1. The van der Waals surface area contributed by atoms with Crippen molar-refractivity contribution in [2.75, 3.05) is 12.8 Å². The maximum absolute atomic E-state index is 3.50. The van der Waals surface area contributed by atoms with Gasteiger partial charge in [0.2, 0.25) is 0 Å². The van der Waals surface area contributed by atoms with E-state index < -0.39 is 0 Å². The number of thiophene rings is 1. The summed E-state index contributed by atoms with van der Waals surface area (Å²) in [5.41, 5.74) is 0. The maximum Gasteiger partial charge on any atom is 0.0507 e. The molecule has 4 heteroatoms. The van der Waals surface area contributed by atoms with E-state index in [2.05, 4.69) is 63.0 Å². The molecule has 1 N–H and O–H groups in total. The second-order valence-corrected chi connectivity index (χ2v) is 6.61. The van der Waals surface area contributed by atoms with Gasteiger partial charge in [0.25, 0.3) is 0 Å². The van der Waals surface area contributed by atoms with Crippen LogP contribution < -0.4 is 5.32 Å². The van der Waals surface area contributed by atoms with Crippen LogP contribution in [0, 0.1) is 0 Å². The molecule has 1 atom stereocenters. The van der Waals surface area contributed by atoms with Crippen LogP contribution in [-0.2, 0) is 0 Å². The molecule has 1 nitrogen and oxygen atoms in total. The summed E-state index contributed by atoms with van der Waals surface area (Å²) in [6, 6.07) is 13.2. The van der Waals surface area contributed by atoms with Gasteiger partial charge in [-0.3, -0.25) is 0 Å². The highest BCUT2D eigenvalue weighted by molar-refractivity contribution is 9.10. The van der Waals surface area contributed by atoms with E-state index in [0.29, 0.717) is 6.04 Å². The molecular weight excluding hydrogens is 314 g/mol. The molecule has 2 rings (SSSR count). The molecule has 0 bridgehead atoms. The first-order chi connectivity index (χ1) is 8.29. The second-order valence-electron chi connectivity index (χ2n) is 3.63. The van der Waals surface area contributed by atoms with E-state index in [1.54, 1.807) is 0 Å². The lowest BCUT2D eigenvalue weighted by atomic mass is 10.3. The molecule has 0 aliphatic heterocycles. The molecule has 1 heterocycles. The van der Waals surface area contributed by atoms with Gasteiger partial charge >= 0.3 is 0 Å². The van der Waals surface area contributed by atoms with Crippen LogP contribution in [0.2, 0.25) is 0 Å². The molecule has 0 spiro atoms. The van der Waals surface area contributed by atoms with Crippen molar-refractivity contribution < 1.29 is 0 Å². The monoisotopic (exact) mass is 327 g/mol. The van der Waals surface area contributed by atoms with Crippen molar-refractivity contribution in [2.45, 2.75) is 10.9 Å². The first-order valence-corrected chi connectivity index (χ1v) is 8.04. The van der Waals surface area contributed by atoms with E-state index in [-0.39, 0.29) is 0 Å². The average Bonchev–Trinajstić information content (AvgIpc) is 2.84. The van der Waals surface area contributed by atoms with Crippen LogP contribution in [0.1, 0.15) is 10.9 Å². The minimum Gasteiger partial charge on any atom is -0.312 e. The van der Waals surface area contributed by atoms with Crippen molar-refractivity contribution >= 4 is 39.0 Å². The average molecular weight is 328 g/mol. The topological polar surface area (TPSA) is 12.0 Å². The molecule has 17 heavy (non-hydrogen) atoms. The molecule has 2 aromatic rings. The number of hydrogen-bond donors (Lipinski definition) is 1. The Kier molecular flexibility index (Phi) is 5.10. The third kappa shape index (κ3) is 3.85. The Morgan fingerprint density at radius 3 is 2.88 bits per heavy atom. The van der Waals surface area contributed by atoms with Crippen LogP contribution >= 0.6 is 39.0 Å². The highest BCUT2D eigenvalue weighted by atomic mass is 79.9. The van der Waals surface area contributed by atoms with Crippen molar-refractivity contribution in [2.24, 2.45) is 0 Å². The van der Waals surface area contributed by atoms with Crippen LogP contribution in [0.5, 0.6) is 0 Å². The van der Waals surface area contributed by atoms with Gasteiger partial charge in [-0.1, -0.05) is 28.1 Å². The highest BCUT2D eigenvalue weighted by Crippen LogP contribution is 2.28. The minimum absolute atomic E-state index is 0.430. The van der Waals surface area contributed by atoms with E-state index in [9.17, 15) is 0 Å². The zero-order valence-corrected chi connectivity index (χ0v) is 12.7. The Hall–Kier alpha value is -0.290. The van der Waals surface area contributed by atoms with Gasteiger partial charge in [-0.15, -0.1) is 23.1 Å². The number of halogens is 1. The molecule has 0 fully saturated rings. The van der Waals surface area contributed by atoms with E-state index >= 15 is 0 Å². The SMILES string of the molecule is CNC(CSc1cccc(Br)c1)c1cccs1. The van der Waals surface area contributed by atoms with Crippen molar-refractivity contribution in [3.63, 3.8) is 0 Å². The summed E-state index contributed by atoms with van der Waals surface area (Å²) in [6.07, 6.45) is 0. The Morgan fingerprint density at radius 1 is 1.35 bits per heavy atom. The fraction of sp³-hybridized carbons (Fsp3) is 0.231. The van der Waals surface area contributed by atoms with Crippen molar-refractivity contribution in [1.29, 1.82) is 0 Å². The van der Waals surface area contributed by atoms with Gasteiger partial charge in [-0.25, -0.2) is 0 Å². The maximum atomic E-state index is 3.50. The third-order valence-corrected chi connectivity index (χ3v) is 5.01. The summed E-state index contributed by atoms with van der Waals surface area (Å²) >= 11 is 7.19. The zero-order valence-electron chi connectivity index (χ0n) is 9.52. The van der Waals surface area contributed by atoms with E-state index in [0.717, 1.165) is 10.2 Å². The Labute approximate surface area is 119 Å². The smallest absolute Gasteiger partial charge is 0.0507 e. The quantitative estimate of drug-likeness (QED) is 0.807. The van der Waals surface area contributed by atoms with Crippen LogP contribution in [-0.4, -0.2) is 12.8 Å². The summed E-state index contributed by atoms with van der Waals surface area (Å²) in [4.78, 5) is 2.70. The van der Waals surface area contributed by atoms with Crippen LogP contribution in [0.25, 0.3) is 0 Å². The third-order valence-electron chi connectivity index (χ3n) is 2.45. The van der Waals surface area contributed by atoms with Gasteiger partial charge < -0.3 is 5.32 Å².